The van der Waals surface area contributed by atoms with E-state index in [9.17, 15) is 13.2 Å². The summed E-state index contributed by atoms with van der Waals surface area (Å²) in [5.41, 5.74) is 1.93. The number of carbonyl (C=O) groups is 1. The van der Waals surface area contributed by atoms with Gasteiger partial charge in [-0.05, 0) is 43.5 Å². The number of anilines is 1. The number of rotatable bonds is 2. The molecule has 1 N–H and O–H groups in total. The fraction of sp³-hybridized carbons (Fsp3) is 0.278. The van der Waals surface area contributed by atoms with Crippen molar-refractivity contribution in [2.45, 2.75) is 30.8 Å². The second-order valence-corrected chi connectivity index (χ2v) is 7.99. The molecule has 0 bridgehead atoms. The summed E-state index contributed by atoms with van der Waals surface area (Å²) >= 11 is 0. The third kappa shape index (κ3) is 2.79. The number of aryl methyl sites for hydroxylation is 1. The molecule has 1 saturated heterocycles. The Bertz CT molecular complexity index is 955. The summed E-state index contributed by atoms with van der Waals surface area (Å²) in [6, 6.07) is 11.9. The zero-order chi connectivity index (χ0) is 17.6. The molecule has 0 spiro atoms. The molecule has 2 aliphatic rings. The Morgan fingerprint density at radius 2 is 2.04 bits per heavy atom. The van der Waals surface area contributed by atoms with Crippen LogP contribution in [0.25, 0.3) is 0 Å². The first-order valence-electron chi connectivity index (χ1n) is 8.16. The average Bonchev–Trinajstić information content (AvgIpc) is 3.02. The van der Waals surface area contributed by atoms with Crippen molar-refractivity contribution >= 4 is 21.7 Å². The summed E-state index contributed by atoms with van der Waals surface area (Å²) < 4.78 is 33.1. The molecule has 4 rings (SSSR count). The minimum Gasteiger partial charge on any atom is -0.423 e. The maximum Gasteiger partial charge on any atom is 0.343 e. The zero-order valence-electron chi connectivity index (χ0n) is 13.7. The van der Waals surface area contributed by atoms with Crippen LogP contribution in [0.1, 0.15) is 28.8 Å². The second kappa shape index (κ2) is 5.86. The van der Waals surface area contributed by atoms with E-state index in [0.29, 0.717) is 11.3 Å². The third-order valence-electron chi connectivity index (χ3n) is 4.65. The number of carbonyl (C=O) groups excluding carboxylic acids is 1. The molecule has 1 unspecified atom stereocenters. The lowest BCUT2D eigenvalue weighted by Gasteiger charge is -2.33. The third-order valence-corrected chi connectivity index (χ3v) is 6.14. The lowest BCUT2D eigenvalue weighted by atomic mass is 10.1. The highest BCUT2D eigenvalue weighted by Gasteiger charge is 2.37. The van der Waals surface area contributed by atoms with E-state index >= 15 is 0 Å². The van der Waals surface area contributed by atoms with Crippen LogP contribution in [-0.2, 0) is 10.0 Å². The average molecular weight is 358 g/mol. The molecule has 6 nitrogen and oxygen atoms in total. The van der Waals surface area contributed by atoms with E-state index in [-0.39, 0.29) is 16.8 Å². The summed E-state index contributed by atoms with van der Waals surface area (Å²) in [5, 5.41) is 0. The molecule has 25 heavy (non-hydrogen) atoms. The molecule has 0 amide bonds. The Labute approximate surface area is 146 Å². The molecular formula is C18H18N2O4S. The molecule has 0 radical (unpaired) electrons. The largest absolute Gasteiger partial charge is 0.423 e. The Morgan fingerprint density at radius 3 is 2.84 bits per heavy atom. The van der Waals surface area contributed by atoms with Crippen molar-refractivity contribution in [3.8, 4) is 5.75 Å². The van der Waals surface area contributed by atoms with Crippen LogP contribution in [0.2, 0.25) is 0 Å². The SMILES string of the molecule is Cc1ccccc1C(=O)Oc1ccc2c(c1)S(=O)(=O)NC1CCCN21. The number of nitrogens with zero attached hydrogens (tertiary/aromatic N) is 1. The monoisotopic (exact) mass is 358 g/mol. The van der Waals surface area contributed by atoms with Gasteiger partial charge in [0.1, 0.15) is 10.6 Å². The van der Waals surface area contributed by atoms with Gasteiger partial charge in [-0.15, -0.1) is 0 Å². The highest BCUT2D eigenvalue weighted by atomic mass is 32.2. The van der Waals surface area contributed by atoms with Crippen LogP contribution in [0, 0.1) is 6.92 Å². The van der Waals surface area contributed by atoms with Gasteiger partial charge in [0, 0.05) is 12.6 Å². The fourth-order valence-electron chi connectivity index (χ4n) is 3.39. The Morgan fingerprint density at radius 1 is 1.24 bits per heavy atom. The Kier molecular flexibility index (Phi) is 3.77. The molecule has 2 heterocycles. The van der Waals surface area contributed by atoms with Crippen molar-refractivity contribution in [2.24, 2.45) is 0 Å². The van der Waals surface area contributed by atoms with Crippen molar-refractivity contribution in [2.75, 3.05) is 11.4 Å². The summed E-state index contributed by atoms with van der Waals surface area (Å²) in [6.07, 6.45) is 1.55. The molecule has 2 aromatic rings. The van der Waals surface area contributed by atoms with Crippen LogP contribution in [0.4, 0.5) is 5.69 Å². The molecule has 0 aliphatic carbocycles. The van der Waals surface area contributed by atoms with Gasteiger partial charge < -0.3 is 9.64 Å². The van der Waals surface area contributed by atoms with E-state index in [1.54, 1.807) is 24.3 Å². The standard InChI is InChI=1S/C18H18N2O4S/c1-12-5-2-3-6-14(12)18(21)24-13-8-9-15-16(11-13)25(22,23)19-17-7-4-10-20(15)17/h2-3,5-6,8-9,11,17,19H,4,7,10H2,1H3. The Hall–Kier alpha value is -2.38. The number of nitrogens with one attached hydrogen (secondary N) is 1. The van der Waals surface area contributed by atoms with E-state index < -0.39 is 16.0 Å². The number of benzene rings is 2. The minimum atomic E-state index is -3.61. The highest BCUT2D eigenvalue weighted by Crippen LogP contribution is 2.37. The van der Waals surface area contributed by atoms with Crippen molar-refractivity contribution in [1.82, 2.24) is 4.72 Å². The van der Waals surface area contributed by atoms with Gasteiger partial charge >= 0.3 is 5.97 Å². The first-order valence-corrected chi connectivity index (χ1v) is 9.65. The molecule has 130 valence electrons. The van der Waals surface area contributed by atoms with Crippen molar-refractivity contribution in [1.29, 1.82) is 0 Å². The van der Waals surface area contributed by atoms with Crippen molar-refractivity contribution in [3.63, 3.8) is 0 Å². The van der Waals surface area contributed by atoms with E-state index in [2.05, 4.69) is 4.72 Å². The van der Waals surface area contributed by atoms with Gasteiger partial charge in [0.05, 0.1) is 17.4 Å². The molecule has 1 fully saturated rings. The molecular weight excluding hydrogens is 340 g/mol. The number of hydrogen-bond acceptors (Lipinski definition) is 5. The summed E-state index contributed by atoms with van der Waals surface area (Å²) in [5.74, 6) is -0.284. The van der Waals surface area contributed by atoms with Gasteiger partial charge in [-0.2, -0.15) is 4.72 Å². The zero-order valence-corrected chi connectivity index (χ0v) is 14.5. The van der Waals surface area contributed by atoms with Gasteiger partial charge in [-0.25, -0.2) is 13.2 Å². The van der Waals surface area contributed by atoms with E-state index in [0.717, 1.165) is 24.9 Å². The van der Waals surface area contributed by atoms with Crippen LogP contribution in [-0.4, -0.2) is 27.1 Å². The quantitative estimate of drug-likeness (QED) is 0.659. The predicted molar refractivity (Wildman–Crippen MR) is 93.3 cm³/mol. The van der Waals surface area contributed by atoms with E-state index in [4.69, 9.17) is 4.74 Å². The summed E-state index contributed by atoms with van der Waals surface area (Å²) in [4.78, 5) is 14.5. The molecule has 2 aromatic carbocycles. The fourth-order valence-corrected chi connectivity index (χ4v) is 4.86. The van der Waals surface area contributed by atoms with Crippen molar-refractivity contribution in [3.05, 3.63) is 53.6 Å². The highest BCUT2D eigenvalue weighted by molar-refractivity contribution is 7.89. The van der Waals surface area contributed by atoms with Crippen molar-refractivity contribution < 1.29 is 17.9 Å². The van der Waals surface area contributed by atoms with Gasteiger partial charge in [-0.3, -0.25) is 0 Å². The van der Waals surface area contributed by atoms with Gasteiger partial charge in [-0.1, -0.05) is 18.2 Å². The lowest BCUT2D eigenvalue weighted by Crippen LogP contribution is -2.48. The summed E-state index contributed by atoms with van der Waals surface area (Å²) in [7, 11) is -3.61. The normalized spacial score (nSPS) is 20.7. The van der Waals surface area contributed by atoms with Crippen LogP contribution in [0.3, 0.4) is 0 Å². The molecule has 0 saturated carbocycles. The smallest absolute Gasteiger partial charge is 0.343 e. The van der Waals surface area contributed by atoms with Crippen LogP contribution >= 0.6 is 0 Å². The maximum atomic E-state index is 12.5. The van der Waals surface area contributed by atoms with Crippen LogP contribution < -0.4 is 14.4 Å². The van der Waals surface area contributed by atoms with E-state index in [1.807, 2.05) is 24.0 Å². The van der Waals surface area contributed by atoms with Crippen LogP contribution in [0.5, 0.6) is 5.75 Å². The van der Waals surface area contributed by atoms with E-state index in [1.165, 1.54) is 6.07 Å². The molecule has 2 aliphatic heterocycles. The van der Waals surface area contributed by atoms with Gasteiger partial charge in [0.25, 0.3) is 0 Å². The number of hydrogen-bond donors (Lipinski definition) is 1. The number of ether oxygens (including phenoxy) is 1. The first-order chi connectivity index (χ1) is 12.0. The van der Waals surface area contributed by atoms with Crippen LogP contribution in [0.15, 0.2) is 47.4 Å². The lowest BCUT2D eigenvalue weighted by molar-refractivity contribution is 0.0733. The topological polar surface area (TPSA) is 75.7 Å². The predicted octanol–water partition coefficient (Wildman–Crippen LogP) is 2.43. The Balaban J connectivity index is 1.67. The summed E-state index contributed by atoms with van der Waals surface area (Å²) in [6.45, 7) is 2.63. The second-order valence-electron chi connectivity index (χ2n) is 6.31. The van der Waals surface area contributed by atoms with Gasteiger partial charge in [0.2, 0.25) is 10.0 Å². The van der Waals surface area contributed by atoms with Gasteiger partial charge in [0.15, 0.2) is 0 Å². The first kappa shape index (κ1) is 16.1. The number of sulfonamides is 1. The molecule has 0 aromatic heterocycles. The molecule has 1 atom stereocenters. The maximum absolute atomic E-state index is 12.5. The number of fused-ring (bicyclic) bond motifs is 3. The molecule has 7 heteroatoms. The number of esters is 1. The minimum absolute atomic E-state index is 0.153.